The highest BCUT2D eigenvalue weighted by Crippen LogP contribution is 2.20. The number of hydrogen-bond acceptors (Lipinski definition) is 29. The van der Waals surface area contributed by atoms with E-state index in [-0.39, 0.29) is 84.2 Å². The number of alkyl carbamates (subject to hydrolysis) is 3. The van der Waals surface area contributed by atoms with Crippen LogP contribution in [0.15, 0.2) is 14.4 Å². The summed E-state index contributed by atoms with van der Waals surface area (Å²) >= 11 is 0. The fraction of sp³-hybridized carbons (Fsp3) is 0.901. The van der Waals surface area contributed by atoms with Crippen molar-refractivity contribution >= 4 is 36.2 Å². The van der Waals surface area contributed by atoms with Crippen LogP contribution in [-0.4, -0.2) is 308 Å². The molecule has 35 nitrogen and oxygen atoms in total. The Hall–Kier alpha value is -5.93. The maximum atomic E-state index is 14.2. The molecular weight excluding hydrogens is 1640 g/mol. The second kappa shape index (κ2) is 81.1. The molecule has 0 spiro atoms. The van der Waals surface area contributed by atoms with Gasteiger partial charge in [0.05, 0.1) is 145 Å². The molecule has 3 heterocycles. The monoisotopic (exact) mass is 1810 g/mol. The van der Waals surface area contributed by atoms with Crippen molar-refractivity contribution in [2.75, 3.05) is 218 Å². The SMILES string of the molecule is CCCCCCCCCC(=O)OCC(CN1CC1C)OC(=O)NCCCCCCn1c(=O)n(CCCCCCNC(=O)OC(COC(=O)CCCCCCCCC)CN2CC2C)c(=O)n(CCCCCCNC(=O)OC(COC(=O)CCCCCCCCC)OCCOCCOCCOCCOCCOCCOCCOCCOCCOCCOCCOC)c1=O. The summed E-state index contributed by atoms with van der Waals surface area (Å²) in [5.41, 5.74) is -2.08. The summed E-state index contributed by atoms with van der Waals surface area (Å²) in [7, 11) is 1.63. The Morgan fingerprint density at radius 2 is 0.548 bits per heavy atom. The number of esters is 3. The van der Waals surface area contributed by atoms with Gasteiger partial charge in [-0.1, -0.05) is 175 Å². The third kappa shape index (κ3) is 65.6. The van der Waals surface area contributed by atoms with Crippen molar-refractivity contribution < 1.29 is 114 Å². The van der Waals surface area contributed by atoms with Crippen molar-refractivity contribution in [3.8, 4) is 0 Å². The molecule has 1 aromatic rings. The van der Waals surface area contributed by atoms with E-state index in [0.717, 1.165) is 91.0 Å². The Morgan fingerprint density at radius 3 is 0.825 bits per heavy atom. The van der Waals surface area contributed by atoms with Gasteiger partial charge in [0.25, 0.3) is 0 Å². The van der Waals surface area contributed by atoms with Gasteiger partial charge in [0.2, 0.25) is 6.29 Å². The normalized spacial score (nSPS) is 15.4. The average Bonchev–Trinajstić information content (AvgIpc) is 1.73. The number of amides is 3. The fourth-order valence-corrected chi connectivity index (χ4v) is 13.5. The number of ether oxygens (including phenoxy) is 18. The summed E-state index contributed by atoms with van der Waals surface area (Å²) in [4.78, 5) is 124. The summed E-state index contributed by atoms with van der Waals surface area (Å²) in [6.45, 7) is 23.2. The Labute approximate surface area is 751 Å². The van der Waals surface area contributed by atoms with Gasteiger partial charge < -0.3 is 101 Å². The third-order valence-corrected chi connectivity index (χ3v) is 21.3. The highest BCUT2D eigenvalue weighted by atomic mass is 16.7. The first-order chi connectivity index (χ1) is 61.6. The van der Waals surface area contributed by atoms with Crippen molar-refractivity contribution in [2.24, 2.45) is 0 Å². The number of carbonyl (C=O) groups excluding carboxylic acids is 6. The smallest absolute Gasteiger partial charge is 0.409 e. The molecule has 0 radical (unpaired) electrons. The lowest BCUT2D eigenvalue weighted by molar-refractivity contribution is -0.169. The van der Waals surface area contributed by atoms with Gasteiger partial charge in [0, 0.05) is 104 Å². The van der Waals surface area contributed by atoms with Crippen LogP contribution in [-0.2, 0) is 119 Å². The summed E-state index contributed by atoms with van der Waals surface area (Å²) in [6, 6.07) is 0.728. The molecule has 2 fully saturated rings. The summed E-state index contributed by atoms with van der Waals surface area (Å²) in [5, 5.41) is 8.38. The second-order valence-corrected chi connectivity index (χ2v) is 32.5. The van der Waals surface area contributed by atoms with E-state index in [1.165, 1.54) is 64.2 Å². The minimum atomic E-state index is -1.21. The van der Waals surface area contributed by atoms with Crippen LogP contribution in [0, 0.1) is 0 Å². The van der Waals surface area contributed by atoms with E-state index >= 15 is 0 Å². The average molecular weight is 1810 g/mol. The largest absolute Gasteiger partial charge is 0.462 e. The molecule has 3 rings (SSSR count). The molecule has 734 valence electrons. The van der Waals surface area contributed by atoms with Gasteiger partial charge >= 0.3 is 53.3 Å². The predicted molar refractivity (Wildman–Crippen MR) is 478 cm³/mol. The van der Waals surface area contributed by atoms with Gasteiger partial charge in [-0.2, -0.15) is 0 Å². The second-order valence-electron chi connectivity index (χ2n) is 32.5. The number of rotatable bonds is 92. The molecular formula is C91H168N8O27. The first-order valence-corrected chi connectivity index (χ1v) is 48.2. The van der Waals surface area contributed by atoms with Crippen molar-refractivity contribution in [3.05, 3.63) is 31.5 Å². The molecule has 0 bridgehead atoms. The van der Waals surface area contributed by atoms with Crippen LogP contribution in [0.1, 0.15) is 266 Å². The number of nitrogens with zero attached hydrogens (tertiary/aromatic N) is 5. The lowest BCUT2D eigenvalue weighted by Crippen LogP contribution is -2.54. The lowest BCUT2D eigenvalue weighted by Gasteiger charge is -2.19. The molecule has 126 heavy (non-hydrogen) atoms. The Morgan fingerprint density at radius 1 is 0.310 bits per heavy atom. The van der Waals surface area contributed by atoms with Gasteiger partial charge in [-0.3, -0.25) is 24.2 Å². The highest BCUT2D eigenvalue weighted by Gasteiger charge is 2.35. The Kier molecular flexibility index (Phi) is 73.5. The molecule has 3 amide bonds. The molecule has 2 aliphatic heterocycles. The van der Waals surface area contributed by atoms with Gasteiger partial charge in [-0.05, 0) is 71.6 Å². The van der Waals surface area contributed by atoms with Crippen LogP contribution in [0.5, 0.6) is 0 Å². The first-order valence-electron chi connectivity index (χ1n) is 48.2. The maximum Gasteiger partial charge on any atom is 0.409 e. The molecule has 0 aromatic carbocycles. The standard InChI is InChI=1S/C91H168N8O27/c1-7-10-13-16-19-22-31-40-82(100)121-75-80(73-95-71-78(95)4)124-86(103)92-43-34-25-28-37-46-97-89(106)98(47-38-29-26-35-44-93-87(104)125-81(74-96-72-79(96)5)76-122-83(101)41-32-23-20-17-14-11-8-2)91(108)99(90(97)107)48-39-30-27-36-45-94-88(105)126-85(77-123-84(102)42-33-24-21-18-15-12-9-3)120-70-69-119-68-67-118-66-65-117-64-63-116-62-61-115-60-59-114-58-57-113-56-55-112-54-53-111-52-51-110-50-49-109-6/h78-81,85H,7-77H2,1-6H3,(H,92,103)(H,93,104)(H,94,105). The van der Waals surface area contributed by atoms with Crippen molar-refractivity contribution in [1.29, 1.82) is 0 Å². The van der Waals surface area contributed by atoms with Gasteiger partial charge in [0.15, 0.2) is 18.8 Å². The van der Waals surface area contributed by atoms with Gasteiger partial charge in [-0.15, -0.1) is 0 Å². The topological polar surface area (TPSA) is 377 Å². The van der Waals surface area contributed by atoms with E-state index in [4.69, 9.17) is 85.3 Å². The van der Waals surface area contributed by atoms with Crippen molar-refractivity contribution in [3.63, 3.8) is 0 Å². The number of carbonyl (C=O) groups is 6. The summed E-state index contributed by atoms with van der Waals surface area (Å²) in [6.07, 6.45) is 25.8. The van der Waals surface area contributed by atoms with E-state index in [1.54, 1.807) is 7.11 Å². The van der Waals surface area contributed by atoms with E-state index in [0.29, 0.717) is 260 Å². The van der Waals surface area contributed by atoms with E-state index < -0.39 is 59.8 Å². The van der Waals surface area contributed by atoms with E-state index in [9.17, 15) is 43.2 Å². The Bertz CT molecular complexity index is 2900. The quantitative estimate of drug-likeness (QED) is 0.0179. The zero-order valence-corrected chi connectivity index (χ0v) is 78.4. The summed E-state index contributed by atoms with van der Waals surface area (Å²) < 4.78 is 103. The highest BCUT2D eigenvalue weighted by molar-refractivity contribution is 5.71. The zero-order chi connectivity index (χ0) is 91.0. The minimum Gasteiger partial charge on any atom is -0.462 e. The van der Waals surface area contributed by atoms with Crippen LogP contribution < -0.4 is 33.0 Å². The van der Waals surface area contributed by atoms with Gasteiger partial charge in [-0.25, -0.2) is 42.5 Å². The molecule has 0 aliphatic carbocycles. The van der Waals surface area contributed by atoms with Crippen LogP contribution in [0.3, 0.4) is 0 Å². The molecule has 7 unspecified atom stereocenters. The minimum absolute atomic E-state index is 0.0167. The van der Waals surface area contributed by atoms with Gasteiger partial charge in [0.1, 0.15) is 13.2 Å². The van der Waals surface area contributed by atoms with Crippen molar-refractivity contribution in [2.45, 2.75) is 316 Å². The van der Waals surface area contributed by atoms with Crippen LogP contribution >= 0.6 is 0 Å². The first kappa shape index (κ1) is 114. The fourth-order valence-electron chi connectivity index (χ4n) is 13.5. The lowest BCUT2D eigenvalue weighted by atomic mass is 10.1. The number of unbranched alkanes of at least 4 members (excludes halogenated alkanes) is 27. The van der Waals surface area contributed by atoms with E-state index in [2.05, 4.69) is 60.4 Å². The molecule has 35 heteroatoms. The third-order valence-electron chi connectivity index (χ3n) is 21.3. The number of hydrogen-bond donors (Lipinski definition) is 3. The predicted octanol–water partition coefficient (Wildman–Crippen LogP) is 11.4. The number of aromatic nitrogens is 3. The molecule has 1 aromatic heterocycles. The maximum absolute atomic E-state index is 14.2. The Balaban J connectivity index is 1.45. The zero-order valence-electron chi connectivity index (χ0n) is 78.4. The van der Waals surface area contributed by atoms with Crippen LogP contribution in [0.25, 0.3) is 0 Å². The molecule has 7 atom stereocenters. The number of methoxy groups -OCH3 is 1. The molecule has 2 aliphatic rings. The van der Waals surface area contributed by atoms with Crippen LogP contribution in [0.2, 0.25) is 0 Å². The van der Waals surface area contributed by atoms with Crippen LogP contribution in [0.4, 0.5) is 14.4 Å². The van der Waals surface area contributed by atoms with E-state index in [1.807, 2.05) is 0 Å². The molecule has 0 saturated carbocycles. The molecule has 3 N–H and O–H groups in total. The van der Waals surface area contributed by atoms with Crippen molar-refractivity contribution in [1.82, 2.24) is 39.5 Å². The number of nitrogens with one attached hydrogen (secondary N) is 3. The summed E-state index contributed by atoms with van der Waals surface area (Å²) in [5.74, 6) is -1.00. The molecule has 2 saturated heterocycles.